The Morgan fingerprint density at radius 3 is 2.41 bits per heavy atom. The van der Waals surface area contributed by atoms with Crippen molar-refractivity contribution in [2.75, 3.05) is 5.75 Å². The van der Waals surface area contributed by atoms with Crippen molar-refractivity contribution in [3.8, 4) is 0 Å². The molecule has 17 heavy (non-hydrogen) atoms. The van der Waals surface area contributed by atoms with Gasteiger partial charge in [0.1, 0.15) is 5.82 Å². The summed E-state index contributed by atoms with van der Waals surface area (Å²) in [5.41, 5.74) is 5.53. The normalized spacial score (nSPS) is 14.6. The molecule has 0 aliphatic rings. The van der Waals surface area contributed by atoms with Crippen LogP contribution in [0.5, 0.6) is 0 Å². The first-order valence-corrected chi connectivity index (χ1v) is 7.02. The number of hydrogen-bond acceptors (Lipinski definition) is 3. The minimum absolute atomic E-state index is 0.0165. The molecule has 1 aromatic rings. The summed E-state index contributed by atoms with van der Waals surface area (Å²) in [5.74, 6) is -0.740. The molecule has 96 valence electrons. The molecule has 0 saturated heterocycles. The first-order chi connectivity index (χ1) is 7.63. The first-order valence-electron chi connectivity index (χ1n) is 5.37. The molecule has 0 fully saturated rings. The van der Waals surface area contributed by atoms with Gasteiger partial charge in [-0.15, -0.1) is 0 Å². The van der Waals surface area contributed by atoms with E-state index in [2.05, 4.69) is 0 Å². The standard InChI is InChI=1S/C12H18FNO2S/c1-12(2,3)11(14)8-17(15,16)10-6-4-5-9(13)7-10/h4-7,11H,8,14H2,1-3H3. The van der Waals surface area contributed by atoms with Gasteiger partial charge < -0.3 is 5.73 Å². The Kier molecular flexibility index (Phi) is 3.94. The molecule has 1 atom stereocenters. The number of halogens is 1. The topological polar surface area (TPSA) is 60.2 Å². The van der Waals surface area contributed by atoms with E-state index in [4.69, 9.17) is 5.73 Å². The fourth-order valence-corrected chi connectivity index (χ4v) is 2.99. The second-order valence-corrected chi connectivity index (χ2v) is 7.25. The van der Waals surface area contributed by atoms with Crippen LogP contribution < -0.4 is 5.73 Å². The van der Waals surface area contributed by atoms with Gasteiger partial charge in [-0.3, -0.25) is 0 Å². The molecule has 1 unspecified atom stereocenters. The fraction of sp³-hybridized carbons (Fsp3) is 0.500. The van der Waals surface area contributed by atoms with Crippen molar-refractivity contribution < 1.29 is 12.8 Å². The summed E-state index contributed by atoms with van der Waals surface area (Å²) in [6, 6.07) is 4.50. The molecule has 2 N–H and O–H groups in total. The highest BCUT2D eigenvalue weighted by molar-refractivity contribution is 7.91. The molecule has 3 nitrogen and oxygen atoms in total. The third-order valence-electron chi connectivity index (χ3n) is 2.67. The van der Waals surface area contributed by atoms with E-state index in [0.29, 0.717) is 0 Å². The lowest BCUT2D eigenvalue weighted by molar-refractivity contribution is 0.340. The van der Waals surface area contributed by atoms with Crippen molar-refractivity contribution in [2.24, 2.45) is 11.1 Å². The van der Waals surface area contributed by atoms with E-state index in [0.717, 1.165) is 6.07 Å². The molecular formula is C12H18FNO2S. The van der Waals surface area contributed by atoms with Crippen LogP contribution in [0.3, 0.4) is 0 Å². The molecule has 0 bridgehead atoms. The molecule has 0 aliphatic heterocycles. The average molecular weight is 259 g/mol. The predicted octanol–water partition coefficient (Wildman–Crippen LogP) is 1.97. The summed E-state index contributed by atoms with van der Waals surface area (Å²) in [6.07, 6.45) is 0. The van der Waals surface area contributed by atoms with Crippen molar-refractivity contribution >= 4 is 9.84 Å². The van der Waals surface area contributed by atoms with Gasteiger partial charge >= 0.3 is 0 Å². The molecule has 1 rings (SSSR count). The van der Waals surface area contributed by atoms with Crippen molar-refractivity contribution in [1.82, 2.24) is 0 Å². The third-order valence-corrected chi connectivity index (χ3v) is 4.44. The minimum Gasteiger partial charge on any atom is -0.326 e. The van der Waals surface area contributed by atoms with E-state index in [1.54, 1.807) is 0 Å². The first kappa shape index (κ1) is 14.1. The molecule has 1 aromatic carbocycles. The lowest BCUT2D eigenvalue weighted by Crippen LogP contribution is -2.41. The van der Waals surface area contributed by atoms with E-state index >= 15 is 0 Å². The van der Waals surface area contributed by atoms with Crippen LogP contribution in [0.1, 0.15) is 20.8 Å². The molecule has 0 heterocycles. The number of nitrogens with two attached hydrogens (primary N) is 1. The Hall–Kier alpha value is -0.940. The van der Waals surface area contributed by atoms with Crippen molar-refractivity contribution in [3.05, 3.63) is 30.1 Å². The molecule has 0 aromatic heterocycles. The van der Waals surface area contributed by atoms with Gasteiger partial charge in [0.15, 0.2) is 9.84 Å². The predicted molar refractivity (Wildman–Crippen MR) is 65.9 cm³/mol. The zero-order valence-corrected chi connectivity index (χ0v) is 11.1. The highest BCUT2D eigenvalue weighted by atomic mass is 32.2. The fourth-order valence-electron chi connectivity index (χ4n) is 1.24. The summed E-state index contributed by atoms with van der Waals surface area (Å²) in [7, 11) is -3.53. The van der Waals surface area contributed by atoms with E-state index in [1.807, 2.05) is 20.8 Å². The van der Waals surface area contributed by atoms with Gasteiger partial charge in [0, 0.05) is 6.04 Å². The van der Waals surface area contributed by atoms with Crippen LogP contribution in [0.2, 0.25) is 0 Å². The second kappa shape index (κ2) is 4.74. The van der Waals surface area contributed by atoms with Crippen LogP contribution in [0.25, 0.3) is 0 Å². The molecule has 0 spiro atoms. The highest BCUT2D eigenvalue weighted by Crippen LogP contribution is 2.21. The summed E-state index contributed by atoms with van der Waals surface area (Å²) >= 11 is 0. The van der Waals surface area contributed by atoms with Crippen LogP contribution >= 0.6 is 0 Å². The van der Waals surface area contributed by atoms with Crippen LogP contribution in [0.4, 0.5) is 4.39 Å². The minimum atomic E-state index is -3.53. The quantitative estimate of drug-likeness (QED) is 0.902. The maximum absolute atomic E-state index is 13.0. The maximum atomic E-state index is 13.0. The van der Waals surface area contributed by atoms with Crippen LogP contribution in [0.15, 0.2) is 29.2 Å². The molecular weight excluding hydrogens is 241 g/mol. The summed E-state index contributed by atoms with van der Waals surface area (Å²) in [4.78, 5) is -0.0165. The van der Waals surface area contributed by atoms with Crippen LogP contribution in [-0.4, -0.2) is 20.2 Å². The van der Waals surface area contributed by atoms with Crippen LogP contribution in [0, 0.1) is 11.2 Å². The van der Waals surface area contributed by atoms with E-state index < -0.39 is 21.7 Å². The monoisotopic (exact) mass is 259 g/mol. The third kappa shape index (κ3) is 3.78. The second-order valence-electron chi connectivity index (χ2n) is 5.21. The van der Waals surface area contributed by atoms with Crippen molar-refractivity contribution in [3.63, 3.8) is 0 Å². The van der Waals surface area contributed by atoms with Gasteiger partial charge in [-0.1, -0.05) is 26.8 Å². The van der Waals surface area contributed by atoms with Crippen molar-refractivity contribution in [1.29, 1.82) is 0 Å². The van der Waals surface area contributed by atoms with Gasteiger partial charge in [0.2, 0.25) is 0 Å². The lowest BCUT2D eigenvalue weighted by atomic mass is 9.89. The molecule has 0 saturated carbocycles. The Morgan fingerprint density at radius 1 is 1.35 bits per heavy atom. The molecule has 0 aliphatic carbocycles. The Bertz CT molecular complexity index is 491. The van der Waals surface area contributed by atoms with Gasteiger partial charge in [0.05, 0.1) is 10.6 Å². The van der Waals surface area contributed by atoms with Gasteiger partial charge in [-0.25, -0.2) is 12.8 Å². The van der Waals surface area contributed by atoms with Crippen molar-refractivity contribution in [2.45, 2.75) is 31.7 Å². The smallest absolute Gasteiger partial charge is 0.180 e. The summed E-state index contributed by atoms with van der Waals surface area (Å²) in [6.45, 7) is 5.62. The maximum Gasteiger partial charge on any atom is 0.180 e. The SMILES string of the molecule is CC(C)(C)C(N)CS(=O)(=O)c1cccc(F)c1. The zero-order chi connectivity index (χ0) is 13.3. The Balaban J connectivity index is 2.98. The van der Waals surface area contributed by atoms with Gasteiger partial charge in [0.25, 0.3) is 0 Å². The van der Waals surface area contributed by atoms with E-state index in [-0.39, 0.29) is 16.1 Å². The summed E-state index contributed by atoms with van der Waals surface area (Å²) in [5, 5.41) is 0. The summed E-state index contributed by atoms with van der Waals surface area (Å²) < 4.78 is 37.0. The highest BCUT2D eigenvalue weighted by Gasteiger charge is 2.27. The Labute approximate surface area is 102 Å². The zero-order valence-electron chi connectivity index (χ0n) is 10.3. The number of benzene rings is 1. The van der Waals surface area contributed by atoms with Crippen LogP contribution in [-0.2, 0) is 9.84 Å². The molecule has 0 amide bonds. The Morgan fingerprint density at radius 2 is 1.94 bits per heavy atom. The number of sulfone groups is 1. The number of hydrogen-bond donors (Lipinski definition) is 1. The number of rotatable bonds is 3. The average Bonchev–Trinajstić information content (AvgIpc) is 2.15. The van der Waals surface area contributed by atoms with Gasteiger partial charge in [-0.05, 0) is 23.6 Å². The largest absolute Gasteiger partial charge is 0.326 e. The van der Waals surface area contributed by atoms with E-state index in [9.17, 15) is 12.8 Å². The van der Waals surface area contributed by atoms with E-state index in [1.165, 1.54) is 18.2 Å². The molecule has 0 radical (unpaired) electrons. The lowest BCUT2D eigenvalue weighted by Gasteiger charge is -2.26. The van der Waals surface area contributed by atoms with Gasteiger partial charge in [-0.2, -0.15) is 0 Å². The molecule has 5 heteroatoms.